The number of methoxy groups -OCH3 is 1. The molecule has 0 amide bonds. The number of nitrogens with zero attached hydrogens (tertiary/aromatic N) is 1. The molecule has 0 radical (unpaired) electrons. The van der Waals surface area contributed by atoms with Crippen LogP contribution in [0, 0.1) is 11.8 Å². The Bertz CT molecular complexity index is 459. The first-order valence-electron chi connectivity index (χ1n) is 7.44. The van der Waals surface area contributed by atoms with Crippen molar-refractivity contribution in [2.75, 3.05) is 26.8 Å². The van der Waals surface area contributed by atoms with Gasteiger partial charge in [0.2, 0.25) is 0 Å². The quantitative estimate of drug-likeness (QED) is 0.688. The summed E-state index contributed by atoms with van der Waals surface area (Å²) in [5.74, 6) is -0.471. The maximum absolute atomic E-state index is 12.4. The second kappa shape index (κ2) is 7.04. The van der Waals surface area contributed by atoms with Crippen LogP contribution in [0.25, 0.3) is 0 Å². The number of hydrogen-bond acceptors (Lipinski definition) is 5. The number of carbonyl (C=O) groups excluding carboxylic acids is 1. The number of carbonyl (C=O) groups is 1. The SMILES string of the molecule is COC(=O)C1CCN(S(=O)(=O)NC2CCCC2CO)CC1. The van der Waals surface area contributed by atoms with Crippen molar-refractivity contribution in [1.82, 2.24) is 9.03 Å². The normalized spacial score (nSPS) is 28.7. The van der Waals surface area contributed by atoms with Gasteiger partial charge in [0, 0.05) is 25.7 Å². The van der Waals surface area contributed by atoms with Crippen LogP contribution in [0.2, 0.25) is 0 Å². The molecule has 0 spiro atoms. The number of aliphatic hydroxyl groups is 1. The molecule has 122 valence electrons. The molecule has 0 bridgehead atoms. The van der Waals surface area contributed by atoms with Gasteiger partial charge in [-0.1, -0.05) is 6.42 Å². The molecule has 2 unspecified atom stereocenters. The largest absolute Gasteiger partial charge is 0.469 e. The van der Waals surface area contributed by atoms with Crippen molar-refractivity contribution >= 4 is 16.2 Å². The maximum Gasteiger partial charge on any atom is 0.308 e. The minimum atomic E-state index is -3.55. The van der Waals surface area contributed by atoms with E-state index in [0.717, 1.165) is 19.3 Å². The van der Waals surface area contributed by atoms with Gasteiger partial charge in [0.05, 0.1) is 13.0 Å². The number of piperidine rings is 1. The van der Waals surface area contributed by atoms with Crippen LogP contribution < -0.4 is 4.72 Å². The van der Waals surface area contributed by atoms with Crippen molar-refractivity contribution in [2.24, 2.45) is 11.8 Å². The second-order valence-electron chi connectivity index (χ2n) is 5.80. The topological polar surface area (TPSA) is 95.9 Å². The van der Waals surface area contributed by atoms with E-state index >= 15 is 0 Å². The lowest BCUT2D eigenvalue weighted by Crippen LogP contribution is -2.50. The summed E-state index contributed by atoms with van der Waals surface area (Å²) >= 11 is 0. The van der Waals surface area contributed by atoms with Gasteiger partial charge in [0.15, 0.2) is 0 Å². The fourth-order valence-electron chi connectivity index (χ4n) is 3.17. The Morgan fingerprint density at radius 3 is 2.52 bits per heavy atom. The van der Waals surface area contributed by atoms with Crippen molar-refractivity contribution in [2.45, 2.75) is 38.1 Å². The molecular formula is C13H24N2O5S. The lowest BCUT2D eigenvalue weighted by atomic mass is 9.99. The molecule has 2 N–H and O–H groups in total. The Balaban J connectivity index is 1.91. The molecule has 0 aromatic rings. The molecule has 0 aromatic heterocycles. The van der Waals surface area contributed by atoms with Crippen LogP contribution in [0.3, 0.4) is 0 Å². The van der Waals surface area contributed by atoms with Crippen LogP contribution in [-0.2, 0) is 19.7 Å². The first-order chi connectivity index (χ1) is 9.97. The van der Waals surface area contributed by atoms with E-state index in [1.54, 1.807) is 0 Å². The molecule has 2 atom stereocenters. The van der Waals surface area contributed by atoms with Crippen LogP contribution in [0.5, 0.6) is 0 Å². The van der Waals surface area contributed by atoms with Gasteiger partial charge in [0.1, 0.15) is 0 Å². The molecule has 7 nitrogen and oxygen atoms in total. The number of esters is 1. The molecule has 2 aliphatic rings. The molecule has 1 aliphatic heterocycles. The van der Waals surface area contributed by atoms with Gasteiger partial charge in [0.25, 0.3) is 10.2 Å². The molecule has 1 saturated carbocycles. The highest BCUT2D eigenvalue weighted by Gasteiger charge is 2.35. The van der Waals surface area contributed by atoms with E-state index in [1.165, 1.54) is 11.4 Å². The van der Waals surface area contributed by atoms with Crippen molar-refractivity contribution in [3.8, 4) is 0 Å². The Hall–Kier alpha value is -0.700. The highest BCUT2D eigenvalue weighted by molar-refractivity contribution is 7.87. The number of nitrogens with one attached hydrogen (secondary N) is 1. The lowest BCUT2D eigenvalue weighted by Gasteiger charge is -2.31. The molecule has 1 saturated heterocycles. The predicted octanol–water partition coefficient (Wildman–Crippen LogP) is -0.133. The first kappa shape index (κ1) is 16.7. The third-order valence-corrected chi connectivity index (χ3v) is 6.17. The third-order valence-electron chi connectivity index (χ3n) is 4.52. The first-order valence-corrected chi connectivity index (χ1v) is 8.88. The number of ether oxygens (including phenoxy) is 1. The summed E-state index contributed by atoms with van der Waals surface area (Å²) in [6.45, 7) is 0.662. The van der Waals surface area contributed by atoms with Gasteiger partial charge in [-0.15, -0.1) is 0 Å². The number of rotatable bonds is 5. The van der Waals surface area contributed by atoms with Crippen LogP contribution in [0.15, 0.2) is 0 Å². The van der Waals surface area contributed by atoms with E-state index in [4.69, 9.17) is 4.74 Å². The van der Waals surface area contributed by atoms with Crippen molar-refractivity contribution in [1.29, 1.82) is 0 Å². The van der Waals surface area contributed by atoms with E-state index in [-0.39, 0.29) is 30.5 Å². The smallest absolute Gasteiger partial charge is 0.308 e. The van der Waals surface area contributed by atoms with Gasteiger partial charge in [-0.2, -0.15) is 17.4 Å². The maximum atomic E-state index is 12.4. The van der Waals surface area contributed by atoms with Gasteiger partial charge in [-0.05, 0) is 31.6 Å². The van der Waals surface area contributed by atoms with Gasteiger partial charge < -0.3 is 9.84 Å². The zero-order valence-electron chi connectivity index (χ0n) is 12.3. The monoisotopic (exact) mass is 320 g/mol. The fraction of sp³-hybridized carbons (Fsp3) is 0.923. The molecular weight excluding hydrogens is 296 g/mol. The summed E-state index contributed by atoms with van der Waals surface area (Å²) in [4.78, 5) is 11.5. The standard InChI is InChI=1S/C13H24N2O5S/c1-20-13(17)10-5-7-15(8-6-10)21(18,19)14-12-4-2-3-11(12)9-16/h10-12,14,16H,2-9H2,1H3. The average Bonchev–Trinajstić information content (AvgIpc) is 2.93. The van der Waals surface area contributed by atoms with Gasteiger partial charge in [-0.3, -0.25) is 4.79 Å². The Labute approximate surface area is 125 Å². The molecule has 8 heteroatoms. The highest BCUT2D eigenvalue weighted by Crippen LogP contribution is 2.27. The zero-order valence-corrected chi connectivity index (χ0v) is 13.1. The number of hydrogen-bond donors (Lipinski definition) is 2. The third kappa shape index (κ3) is 3.94. The van der Waals surface area contributed by atoms with Crippen molar-refractivity contribution in [3.05, 3.63) is 0 Å². The number of aliphatic hydroxyl groups excluding tert-OH is 1. The van der Waals surface area contributed by atoms with Gasteiger partial charge in [-0.25, -0.2) is 0 Å². The fourth-order valence-corrected chi connectivity index (χ4v) is 4.71. The van der Waals surface area contributed by atoms with Crippen LogP contribution in [0.1, 0.15) is 32.1 Å². The summed E-state index contributed by atoms with van der Waals surface area (Å²) < 4.78 is 33.5. The second-order valence-corrected chi connectivity index (χ2v) is 7.50. The van der Waals surface area contributed by atoms with Crippen molar-refractivity contribution < 1.29 is 23.1 Å². The van der Waals surface area contributed by atoms with Crippen LogP contribution >= 0.6 is 0 Å². The summed E-state index contributed by atoms with van der Waals surface area (Å²) in [5.41, 5.74) is 0. The van der Waals surface area contributed by atoms with Crippen LogP contribution in [-0.4, -0.2) is 56.6 Å². The van der Waals surface area contributed by atoms with Crippen molar-refractivity contribution in [3.63, 3.8) is 0 Å². The molecule has 1 aliphatic carbocycles. The molecule has 0 aromatic carbocycles. The molecule has 21 heavy (non-hydrogen) atoms. The Morgan fingerprint density at radius 1 is 1.29 bits per heavy atom. The molecule has 2 rings (SSSR count). The lowest BCUT2D eigenvalue weighted by molar-refractivity contribution is -0.146. The summed E-state index contributed by atoms with van der Waals surface area (Å²) in [6, 6.07) is -0.182. The van der Waals surface area contributed by atoms with Gasteiger partial charge >= 0.3 is 5.97 Å². The molecule has 1 heterocycles. The summed E-state index contributed by atoms with van der Waals surface area (Å²) in [6.07, 6.45) is 3.53. The average molecular weight is 320 g/mol. The zero-order chi connectivity index (χ0) is 15.5. The van der Waals surface area contributed by atoms with E-state index in [2.05, 4.69) is 4.72 Å². The summed E-state index contributed by atoms with van der Waals surface area (Å²) in [7, 11) is -2.20. The highest BCUT2D eigenvalue weighted by atomic mass is 32.2. The summed E-state index contributed by atoms with van der Waals surface area (Å²) in [5, 5.41) is 9.27. The van der Waals surface area contributed by atoms with E-state index in [1.807, 2.05) is 0 Å². The minimum Gasteiger partial charge on any atom is -0.469 e. The van der Waals surface area contributed by atoms with E-state index in [0.29, 0.717) is 25.9 Å². The minimum absolute atomic E-state index is 0.00684. The van der Waals surface area contributed by atoms with E-state index in [9.17, 15) is 18.3 Å². The van der Waals surface area contributed by atoms with Crippen LogP contribution in [0.4, 0.5) is 0 Å². The van der Waals surface area contributed by atoms with E-state index < -0.39 is 10.2 Å². The molecule has 2 fully saturated rings. The predicted molar refractivity (Wildman–Crippen MR) is 76.6 cm³/mol. The Kier molecular flexibility index (Phi) is 5.59. The Morgan fingerprint density at radius 2 is 1.95 bits per heavy atom.